The lowest BCUT2D eigenvalue weighted by atomic mass is 10.2. The molecule has 1 heterocycles. The maximum Gasteiger partial charge on any atom is 0.192 e. The van der Waals surface area contributed by atoms with Crippen molar-refractivity contribution in [2.24, 2.45) is 0 Å². The number of aromatic hydroxyl groups is 1. The average Bonchev–Trinajstić information content (AvgIpc) is 2.86. The van der Waals surface area contributed by atoms with Gasteiger partial charge in [-0.1, -0.05) is 11.8 Å². The fourth-order valence-corrected chi connectivity index (χ4v) is 2.33. The van der Waals surface area contributed by atoms with Crippen LogP contribution >= 0.6 is 11.8 Å². The lowest BCUT2D eigenvalue weighted by Crippen LogP contribution is -2.07. The Morgan fingerprint density at radius 3 is 2.75 bits per heavy atom. The first-order chi connectivity index (χ1) is 9.76. The Morgan fingerprint density at radius 2 is 2.10 bits per heavy atom. The van der Waals surface area contributed by atoms with Gasteiger partial charge in [0.2, 0.25) is 0 Å². The number of methoxy groups -OCH3 is 1. The minimum Gasteiger partial charge on any atom is -0.508 e. The molecule has 1 aromatic heterocycles. The molecule has 0 atom stereocenters. The van der Waals surface area contributed by atoms with Crippen LogP contribution in [0.1, 0.15) is 0 Å². The van der Waals surface area contributed by atoms with E-state index in [9.17, 15) is 5.11 Å². The highest BCUT2D eigenvalue weighted by atomic mass is 32.2. The van der Waals surface area contributed by atoms with Gasteiger partial charge in [-0.15, -0.1) is 10.2 Å². The van der Waals surface area contributed by atoms with Gasteiger partial charge in [-0.25, -0.2) is 0 Å². The number of aromatic nitrogens is 3. The molecule has 0 aliphatic carbocycles. The minimum absolute atomic E-state index is 0.204. The van der Waals surface area contributed by atoms with Crippen LogP contribution in [0.2, 0.25) is 0 Å². The highest BCUT2D eigenvalue weighted by molar-refractivity contribution is 7.99. The van der Waals surface area contributed by atoms with Gasteiger partial charge in [0, 0.05) is 12.7 Å². The number of hydrogen-bond donors (Lipinski definition) is 1. The Hall–Kier alpha value is -2.04. The predicted octanol–water partition coefficient (Wildman–Crippen LogP) is 1.91. The number of benzene rings is 1. The molecule has 6 nitrogen and oxygen atoms in total. The van der Waals surface area contributed by atoms with Crippen LogP contribution in [0.4, 0.5) is 0 Å². The molecular formula is C13H14N4O2S. The Balaban J connectivity index is 2.33. The number of hydrogen-bond acceptors (Lipinski definition) is 6. The van der Waals surface area contributed by atoms with Crippen molar-refractivity contribution in [1.82, 2.24) is 14.8 Å². The predicted molar refractivity (Wildman–Crippen MR) is 75.3 cm³/mol. The number of phenols is 1. The number of ether oxygens (including phenoxy) is 1. The van der Waals surface area contributed by atoms with Crippen LogP contribution < -0.4 is 0 Å². The Labute approximate surface area is 121 Å². The number of rotatable bonds is 6. The van der Waals surface area contributed by atoms with Crippen molar-refractivity contribution in [1.29, 1.82) is 5.26 Å². The third-order valence-corrected chi connectivity index (χ3v) is 3.46. The molecule has 0 spiro atoms. The highest BCUT2D eigenvalue weighted by Crippen LogP contribution is 2.25. The SMILES string of the molecule is COCCn1c(SCC#N)nnc1-c1ccc(O)cc1. The molecule has 0 fully saturated rings. The van der Waals surface area contributed by atoms with Gasteiger partial charge in [-0.05, 0) is 24.3 Å². The van der Waals surface area contributed by atoms with Crippen molar-refractivity contribution in [2.75, 3.05) is 19.5 Å². The highest BCUT2D eigenvalue weighted by Gasteiger charge is 2.14. The molecule has 1 aromatic carbocycles. The lowest BCUT2D eigenvalue weighted by molar-refractivity contribution is 0.185. The largest absolute Gasteiger partial charge is 0.508 e. The zero-order chi connectivity index (χ0) is 14.4. The Morgan fingerprint density at radius 1 is 1.35 bits per heavy atom. The number of thioether (sulfide) groups is 1. The molecule has 0 saturated carbocycles. The van der Waals surface area contributed by atoms with E-state index in [0.29, 0.717) is 29.9 Å². The summed E-state index contributed by atoms with van der Waals surface area (Å²) in [4.78, 5) is 0. The molecule has 7 heteroatoms. The van der Waals surface area contributed by atoms with Gasteiger partial charge >= 0.3 is 0 Å². The molecule has 0 aliphatic heterocycles. The van der Waals surface area contributed by atoms with Crippen LogP contribution in [-0.4, -0.2) is 39.3 Å². The molecule has 0 unspecified atom stereocenters. The van der Waals surface area contributed by atoms with Crippen LogP contribution in [0.3, 0.4) is 0 Å². The fraction of sp³-hybridized carbons (Fsp3) is 0.308. The van der Waals surface area contributed by atoms with Crippen molar-refractivity contribution < 1.29 is 9.84 Å². The van der Waals surface area contributed by atoms with E-state index in [4.69, 9.17) is 10.00 Å². The number of phenolic OH excluding ortho intramolecular Hbond substituents is 1. The second-order valence-electron chi connectivity index (χ2n) is 3.94. The number of nitriles is 1. The summed E-state index contributed by atoms with van der Waals surface area (Å²) in [6, 6.07) is 8.84. The second-order valence-corrected chi connectivity index (χ2v) is 4.89. The van der Waals surface area contributed by atoms with Crippen molar-refractivity contribution in [3.8, 4) is 23.2 Å². The summed E-state index contributed by atoms with van der Waals surface area (Å²) in [5, 5.41) is 27.0. The molecule has 0 amide bonds. The van der Waals surface area contributed by atoms with Crippen molar-refractivity contribution in [3.63, 3.8) is 0 Å². The first-order valence-electron chi connectivity index (χ1n) is 5.97. The van der Waals surface area contributed by atoms with E-state index < -0.39 is 0 Å². The summed E-state index contributed by atoms with van der Waals surface area (Å²) < 4.78 is 7.01. The van der Waals surface area contributed by atoms with Gasteiger partial charge in [-0.2, -0.15) is 5.26 Å². The summed E-state index contributed by atoms with van der Waals surface area (Å²) in [5.41, 5.74) is 0.857. The lowest BCUT2D eigenvalue weighted by Gasteiger charge is -2.08. The standard InChI is InChI=1S/C13H14N4O2S/c1-19-8-7-17-12(10-2-4-11(18)5-3-10)15-16-13(17)20-9-6-14/h2-5,18H,7-9H2,1H3. The van der Waals surface area contributed by atoms with Gasteiger partial charge in [0.15, 0.2) is 11.0 Å². The van der Waals surface area contributed by atoms with Gasteiger partial charge in [0.1, 0.15) is 5.75 Å². The minimum atomic E-state index is 0.204. The monoisotopic (exact) mass is 290 g/mol. The summed E-state index contributed by atoms with van der Waals surface area (Å²) in [7, 11) is 1.63. The van der Waals surface area contributed by atoms with Gasteiger partial charge in [-0.3, -0.25) is 4.57 Å². The molecule has 104 valence electrons. The summed E-state index contributed by atoms with van der Waals surface area (Å²) >= 11 is 1.34. The Kier molecular flexibility index (Phi) is 4.98. The molecule has 0 saturated heterocycles. The topological polar surface area (TPSA) is 84.0 Å². The third kappa shape index (κ3) is 3.29. The van der Waals surface area contributed by atoms with E-state index in [2.05, 4.69) is 16.3 Å². The molecule has 0 aliphatic rings. The van der Waals surface area contributed by atoms with Crippen molar-refractivity contribution in [2.45, 2.75) is 11.7 Å². The van der Waals surface area contributed by atoms with Crippen LogP contribution in [0.15, 0.2) is 29.4 Å². The molecular weight excluding hydrogens is 276 g/mol. The van der Waals surface area contributed by atoms with E-state index in [1.807, 2.05) is 4.57 Å². The molecule has 2 rings (SSSR count). The molecule has 2 aromatic rings. The third-order valence-electron chi connectivity index (χ3n) is 2.63. The van der Waals surface area contributed by atoms with Crippen molar-refractivity contribution in [3.05, 3.63) is 24.3 Å². The smallest absolute Gasteiger partial charge is 0.192 e. The quantitative estimate of drug-likeness (QED) is 0.818. The zero-order valence-corrected chi connectivity index (χ0v) is 11.8. The second kappa shape index (κ2) is 6.93. The van der Waals surface area contributed by atoms with Gasteiger partial charge in [0.25, 0.3) is 0 Å². The fourth-order valence-electron chi connectivity index (χ4n) is 1.70. The van der Waals surface area contributed by atoms with Crippen molar-refractivity contribution >= 4 is 11.8 Å². The van der Waals surface area contributed by atoms with Gasteiger partial charge in [0.05, 0.1) is 25.0 Å². The average molecular weight is 290 g/mol. The normalized spacial score (nSPS) is 10.4. The summed E-state index contributed by atoms with van der Waals surface area (Å²) in [6.07, 6.45) is 0. The molecule has 0 radical (unpaired) electrons. The molecule has 20 heavy (non-hydrogen) atoms. The zero-order valence-electron chi connectivity index (χ0n) is 11.0. The first kappa shape index (κ1) is 14.4. The van der Waals surface area contributed by atoms with E-state index in [1.54, 1.807) is 31.4 Å². The van der Waals surface area contributed by atoms with E-state index in [-0.39, 0.29) is 5.75 Å². The van der Waals surface area contributed by atoms with Crippen LogP contribution in [-0.2, 0) is 11.3 Å². The summed E-state index contributed by atoms with van der Waals surface area (Å²) in [5.74, 6) is 1.22. The maximum absolute atomic E-state index is 9.33. The van der Waals surface area contributed by atoms with Gasteiger partial charge < -0.3 is 9.84 Å². The first-order valence-corrected chi connectivity index (χ1v) is 6.96. The van der Waals surface area contributed by atoms with E-state index in [1.165, 1.54) is 11.8 Å². The van der Waals surface area contributed by atoms with Crippen LogP contribution in [0.25, 0.3) is 11.4 Å². The molecule has 1 N–H and O–H groups in total. The van der Waals surface area contributed by atoms with Crippen LogP contribution in [0.5, 0.6) is 5.75 Å². The number of nitrogens with zero attached hydrogens (tertiary/aromatic N) is 4. The summed E-state index contributed by atoms with van der Waals surface area (Å²) in [6.45, 7) is 1.14. The Bertz CT molecular complexity index is 604. The molecule has 0 bridgehead atoms. The van der Waals surface area contributed by atoms with E-state index in [0.717, 1.165) is 5.56 Å². The van der Waals surface area contributed by atoms with Crippen LogP contribution in [0, 0.1) is 11.3 Å². The van der Waals surface area contributed by atoms with E-state index >= 15 is 0 Å². The maximum atomic E-state index is 9.33.